The maximum atomic E-state index is 11.8. The summed E-state index contributed by atoms with van der Waals surface area (Å²) >= 11 is 0. The molecule has 0 N–H and O–H groups in total. The van der Waals surface area contributed by atoms with Crippen LogP contribution >= 0.6 is 0 Å². The molecule has 0 unspecified atom stereocenters. The van der Waals surface area contributed by atoms with E-state index in [0.717, 1.165) is 5.41 Å². The second-order valence-corrected chi connectivity index (χ2v) is 6.39. The van der Waals surface area contributed by atoms with Gasteiger partial charge >= 0.3 is 0 Å². The fraction of sp³-hybridized carbons (Fsp3) is 0.333. The summed E-state index contributed by atoms with van der Waals surface area (Å²) in [7, 11) is -3.62. The first-order valence-corrected chi connectivity index (χ1v) is 6.47. The molecule has 4 heteroatoms. The zero-order chi connectivity index (χ0) is 12.4. The summed E-state index contributed by atoms with van der Waals surface area (Å²) in [5.74, 6) is -0.392. The Bertz CT molecular complexity index is 479. The van der Waals surface area contributed by atoms with Gasteiger partial charge in [-0.2, -0.15) is 0 Å². The maximum absolute atomic E-state index is 11.8. The third kappa shape index (κ3) is 3.10. The third-order valence-corrected chi connectivity index (χ3v) is 3.53. The van der Waals surface area contributed by atoms with Crippen LogP contribution in [0.3, 0.4) is 0 Å². The Kier molecular flexibility index (Phi) is 3.43. The summed E-state index contributed by atoms with van der Waals surface area (Å²) in [5.41, 5.74) is -0.679. The van der Waals surface area contributed by atoms with E-state index < -0.39 is 21.0 Å². The highest BCUT2D eigenvalue weighted by Crippen LogP contribution is 2.23. The van der Waals surface area contributed by atoms with Crippen molar-refractivity contribution in [3.63, 3.8) is 0 Å². The van der Waals surface area contributed by atoms with Gasteiger partial charge in [-0.15, -0.1) is 5.76 Å². The lowest BCUT2D eigenvalue weighted by Crippen LogP contribution is -2.22. The minimum atomic E-state index is -3.62. The van der Waals surface area contributed by atoms with Crippen molar-refractivity contribution in [1.29, 1.82) is 0 Å². The molecular formula is C12H15O3S-. The van der Waals surface area contributed by atoms with Crippen LogP contribution in [0.1, 0.15) is 20.8 Å². The minimum Gasteiger partial charge on any atom is -0.875 e. The largest absolute Gasteiger partial charge is 0.875 e. The molecule has 0 radical (unpaired) electrons. The van der Waals surface area contributed by atoms with E-state index in [-0.39, 0.29) is 4.90 Å². The molecule has 0 heterocycles. The second-order valence-electron chi connectivity index (χ2n) is 4.59. The molecule has 1 aromatic rings. The van der Waals surface area contributed by atoms with E-state index in [1.54, 1.807) is 39.0 Å². The van der Waals surface area contributed by atoms with Crippen LogP contribution in [0, 0.1) is 5.41 Å². The molecule has 0 bridgehead atoms. The lowest BCUT2D eigenvalue weighted by atomic mass is 9.95. The molecule has 0 amide bonds. The molecule has 0 aliphatic carbocycles. The Morgan fingerprint density at radius 3 is 2.12 bits per heavy atom. The first-order valence-electron chi connectivity index (χ1n) is 4.93. The fourth-order valence-corrected chi connectivity index (χ4v) is 2.30. The van der Waals surface area contributed by atoms with E-state index in [1.165, 1.54) is 12.1 Å². The van der Waals surface area contributed by atoms with Gasteiger partial charge in [0.25, 0.3) is 0 Å². The van der Waals surface area contributed by atoms with E-state index >= 15 is 0 Å². The summed E-state index contributed by atoms with van der Waals surface area (Å²) < 4.78 is 23.6. The zero-order valence-corrected chi connectivity index (χ0v) is 10.4. The molecule has 1 aromatic carbocycles. The molecule has 0 spiro atoms. The van der Waals surface area contributed by atoms with Gasteiger partial charge in [0.05, 0.1) is 4.90 Å². The van der Waals surface area contributed by atoms with Gasteiger partial charge in [-0.25, -0.2) is 8.42 Å². The van der Waals surface area contributed by atoms with Gasteiger partial charge < -0.3 is 5.11 Å². The average Bonchev–Trinajstić information content (AvgIpc) is 2.17. The second kappa shape index (κ2) is 4.29. The van der Waals surface area contributed by atoms with E-state index in [2.05, 4.69) is 0 Å². The number of sulfone groups is 1. The number of allylic oxidation sites excluding steroid dienone is 1. The SMILES string of the molecule is CC(C)(C)/C([O-])=C/S(=O)(=O)c1ccccc1. The van der Waals surface area contributed by atoms with Gasteiger partial charge in [0.2, 0.25) is 0 Å². The maximum Gasteiger partial charge on any atom is 0.198 e. The van der Waals surface area contributed by atoms with Crippen LogP contribution in [-0.2, 0) is 9.84 Å². The van der Waals surface area contributed by atoms with Gasteiger partial charge in [-0.05, 0) is 17.5 Å². The number of benzene rings is 1. The molecule has 88 valence electrons. The van der Waals surface area contributed by atoms with Crippen LogP contribution in [0.2, 0.25) is 0 Å². The molecule has 0 aromatic heterocycles. The van der Waals surface area contributed by atoms with Crippen molar-refractivity contribution >= 4 is 9.84 Å². The van der Waals surface area contributed by atoms with Crippen LogP contribution in [0.5, 0.6) is 0 Å². The third-order valence-electron chi connectivity index (χ3n) is 2.07. The average molecular weight is 239 g/mol. The van der Waals surface area contributed by atoms with Crippen LogP contribution < -0.4 is 5.11 Å². The number of rotatable bonds is 2. The summed E-state index contributed by atoms with van der Waals surface area (Å²) in [6.07, 6.45) is 0. The first kappa shape index (κ1) is 12.8. The molecule has 0 aliphatic heterocycles. The summed E-state index contributed by atoms with van der Waals surface area (Å²) in [5, 5.41) is 12.4. The van der Waals surface area contributed by atoms with E-state index in [1.807, 2.05) is 0 Å². The Morgan fingerprint density at radius 2 is 1.69 bits per heavy atom. The van der Waals surface area contributed by atoms with Gasteiger partial charge in [-0.1, -0.05) is 39.0 Å². The molecule has 3 nitrogen and oxygen atoms in total. The number of hydrogen-bond donors (Lipinski definition) is 0. The van der Waals surface area contributed by atoms with E-state index in [9.17, 15) is 13.5 Å². The summed E-state index contributed by atoms with van der Waals surface area (Å²) in [6, 6.07) is 7.93. The Labute approximate surface area is 96.4 Å². The molecule has 0 saturated heterocycles. The summed E-state index contributed by atoms with van der Waals surface area (Å²) in [6.45, 7) is 5.06. The van der Waals surface area contributed by atoms with Crippen LogP contribution in [0.25, 0.3) is 0 Å². The topological polar surface area (TPSA) is 57.2 Å². The molecule has 16 heavy (non-hydrogen) atoms. The minimum absolute atomic E-state index is 0.146. The molecule has 0 aliphatic rings. The smallest absolute Gasteiger partial charge is 0.198 e. The van der Waals surface area contributed by atoms with Crippen molar-refractivity contribution in [2.24, 2.45) is 5.41 Å². The molecule has 0 saturated carbocycles. The van der Waals surface area contributed by atoms with E-state index in [4.69, 9.17) is 0 Å². The van der Waals surface area contributed by atoms with Crippen molar-refractivity contribution in [1.82, 2.24) is 0 Å². The molecular weight excluding hydrogens is 224 g/mol. The fourth-order valence-electron chi connectivity index (χ4n) is 0.996. The number of hydrogen-bond acceptors (Lipinski definition) is 3. The zero-order valence-electron chi connectivity index (χ0n) is 9.60. The van der Waals surface area contributed by atoms with Crippen LogP contribution in [0.4, 0.5) is 0 Å². The van der Waals surface area contributed by atoms with Gasteiger partial charge in [0.15, 0.2) is 9.84 Å². The van der Waals surface area contributed by atoms with Crippen LogP contribution in [0.15, 0.2) is 46.4 Å². The van der Waals surface area contributed by atoms with Crippen molar-refractivity contribution in [3.05, 3.63) is 41.5 Å². The quantitative estimate of drug-likeness (QED) is 0.738. The van der Waals surface area contributed by atoms with Crippen molar-refractivity contribution in [2.45, 2.75) is 25.7 Å². The standard InChI is InChI=1S/C12H16O3S/c1-12(2,3)11(13)9-16(14,15)10-7-5-4-6-8-10/h4-9,13H,1-3H3/p-1/b11-9-. The first-order chi connectivity index (χ1) is 7.23. The van der Waals surface area contributed by atoms with Crippen LogP contribution in [-0.4, -0.2) is 8.42 Å². The highest BCUT2D eigenvalue weighted by Gasteiger charge is 2.14. The van der Waals surface area contributed by atoms with Crippen molar-refractivity contribution < 1.29 is 13.5 Å². The molecule has 1 rings (SSSR count). The Balaban J connectivity index is 3.16. The van der Waals surface area contributed by atoms with Gasteiger partial charge in [0, 0.05) is 5.41 Å². The predicted octanol–water partition coefficient (Wildman–Crippen LogP) is 1.71. The Morgan fingerprint density at radius 1 is 1.19 bits per heavy atom. The summed E-state index contributed by atoms with van der Waals surface area (Å²) in [4.78, 5) is 0.146. The highest BCUT2D eigenvalue weighted by atomic mass is 32.2. The Hall–Kier alpha value is -1.29. The van der Waals surface area contributed by atoms with Gasteiger partial charge in [-0.3, -0.25) is 0 Å². The molecule has 0 fully saturated rings. The van der Waals surface area contributed by atoms with E-state index in [0.29, 0.717) is 0 Å². The highest BCUT2D eigenvalue weighted by molar-refractivity contribution is 7.94. The lowest BCUT2D eigenvalue weighted by Gasteiger charge is -2.27. The predicted molar refractivity (Wildman–Crippen MR) is 61.2 cm³/mol. The lowest BCUT2D eigenvalue weighted by molar-refractivity contribution is -0.322. The normalized spacial score (nSPS) is 13.8. The van der Waals surface area contributed by atoms with Crippen molar-refractivity contribution in [2.75, 3.05) is 0 Å². The van der Waals surface area contributed by atoms with Crippen molar-refractivity contribution in [3.8, 4) is 0 Å². The monoisotopic (exact) mass is 239 g/mol. The molecule has 0 atom stereocenters. The van der Waals surface area contributed by atoms with Gasteiger partial charge in [0.1, 0.15) is 0 Å².